The van der Waals surface area contributed by atoms with Gasteiger partial charge in [-0.3, -0.25) is 9.69 Å². The number of nitrogens with one attached hydrogen (secondary N) is 1. The van der Waals surface area contributed by atoms with Crippen LogP contribution in [0.3, 0.4) is 0 Å². The summed E-state index contributed by atoms with van der Waals surface area (Å²) in [6.45, 7) is 1.62. The van der Waals surface area contributed by atoms with Crippen LogP contribution in [0.4, 0.5) is 4.39 Å². The fraction of sp³-hybridized carbons (Fsp3) is 0.500. The number of halogens is 1. The number of carbonyl (C=O) groups is 1. The van der Waals surface area contributed by atoms with Gasteiger partial charge in [0.15, 0.2) is 0 Å². The Morgan fingerprint density at radius 2 is 2.16 bits per heavy atom. The molecule has 19 heavy (non-hydrogen) atoms. The summed E-state index contributed by atoms with van der Waals surface area (Å²) in [5.74, 6) is -0.693. The van der Waals surface area contributed by atoms with Crippen molar-refractivity contribution in [3.05, 3.63) is 35.6 Å². The second-order valence-corrected chi connectivity index (χ2v) is 4.98. The number of benzene rings is 1. The maximum atomic E-state index is 13.0. The third kappa shape index (κ3) is 3.30. The summed E-state index contributed by atoms with van der Waals surface area (Å²) >= 11 is 0. The molecule has 0 aliphatic carbocycles. The van der Waals surface area contributed by atoms with E-state index >= 15 is 0 Å². The molecule has 4 nitrogen and oxygen atoms in total. The van der Waals surface area contributed by atoms with E-state index in [1.165, 1.54) is 12.1 Å². The molecule has 1 aliphatic rings. The lowest BCUT2D eigenvalue weighted by atomic mass is 9.99. The number of primary amides is 1. The highest BCUT2D eigenvalue weighted by atomic mass is 19.1. The van der Waals surface area contributed by atoms with E-state index in [0.29, 0.717) is 6.04 Å². The molecule has 0 radical (unpaired) electrons. The minimum atomic E-state index is -0.475. The first-order valence-electron chi connectivity index (χ1n) is 6.58. The summed E-state index contributed by atoms with van der Waals surface area (Å²) in [5.41, 5.74) is 6.28. The van der Waals surface area contributed by atoms with Crippen molar-refractivity contribution in [1.29, 1.82) is 0 Å². The lowest BCUT2D eigenvalue weighted by Crippen LogP contribution is -2.48. The molecule has 0 aromatic heterocycles. The van der Waals surface area contributed by atoms with E-state index in [4.69, 9.17) is 5.73 Å². The summed E-state index contributed by atoms with van der Waals surface area (Å²) in [7, 11) is 1.92. The summed E-state index contributed by atoms with van der Waals surface area (Å²) in [4.78, 5) is 13.8. The number of likely N-dealkylation sites (N-methyl/N-ethyl adjacent to an activating group) is 1. The van der Waals surface area contributed by atoms with Crippen molar-refractivity contribution in [2.24, 2.45) is 5.73 Å². The monoisotopic (exact) mass is 265 g/mol. The Morgan fingerprint density at radius 3 is 2.74 bits per heavy atom. The largest absolute Gasteiger partial charge is 0.368 e. The zero-order valence-electron chi connectivity index (χ0n) is 11.1. The van der Waals surface area contributed by atoms with Gasteiger partial charge in [-0.15, -0.1) is 0 Å². The summed E-state index contributed by atoms with van der Waals surface area (Å²) in [6.07, 6.45) is 2.12. The summed E-state index contributed by atoms with van der Waals surface area (Å²) < 4.78 is 13.0. The molecule has 1 aromatic rings. The van der Waals surface area contributed by atoms with Crippen molar-refractivity contribution in [2.75, 3.05) is 20.1 Å². The first-order chi connectivity index (χ1) is 9.11. The van der Waals surface area contributed by atoms with Crippen LogP contribution in [0.2, 0.25) is 0 Å². The molecule has 0 bridgehead atoms. The molecule has 0 saturated carbocycles. The number of amides is 1. The van der Waals surface area contributed by atoms with Crippen LogP contribution in [-0.4, -0.2) is 37.0 Å². The quantitative estimate of drug-likeness (QED) is 0.855. The minimum absolute atomic E-state index is 0.307. The zero-order valence-corrected chi connectivity index (χ0v) is 11.1. The fourth-order valence-corrected chi connectivity index (χ4v) is 2.68. The fourth-order valence-electron chi connectivity index (χ4n) is 2.68. The lowest BCUT2D eigenvalue weighted by molar-refractivity contribution is -0.124. The van der Waals surface area contributed by atoms with Gasteiger partial charge >= 0.3 is 0 Å². The van der Waals surface area contributed by atoms with Gasteiger partial charge < -0.3 is 11.1 Å². The summed E-state index contributed by atoms with van der Waals surface area (Å²) in [6, 6.07) is 5.89. The predicted molar refractivity (Wildman–Crippen MR) is 72.0 cm³/mol. The number of carbonyl (C=O) groups excluding carboxylic acids is 1. The molecule has 1 fully saturated rings. The van der Waals surface area contributed by atoms with Crippen molar-refractivity contribution in [3.8, 4) is 0 Å². The molecular formula is C14H20FN3O. The average molecular weight is 265 g/mol. The van der Waals surface area contributed by atoms with Crippen LogP contribution < -0.4 is 11.1 Å². The number of piperidine rings is 1. The minimum Gasteiger partial charge on any atom is -0.368 e. The first-order valence-corrected chi connectivity index (χ1v) is 6.58. The maximum absolute atomic E-state index is 13.0. The normalized spacial score (nSPS) is 22.1. The van der Waals surface area contributed by atoms with Crippen LogP contribution in [0.25, 0.3) is 0 Å². The number of hydrogen-bond acceptors (Lipinski definition) is 3. The van der Waals surface area contributed by atoms with E-state index < -0.39 is 6.04 Å². The van der Waals surface area contributed by atoms with Crippen molar-refractivity contribution in [3.63, 3.8) is 0 Å². The highest BCUT2D eigenvalue weighted by molar-refractivity contribution is 5.81. The third-order valence-corrected chi connectivity index (χ3v) is 3.68. The van der Waals surface area contributed by atoms with Gasteiger partial charge in [-0.05, 0) is 44.1 Å². The number of likely N-dealkylation sites (tertiary alicyclic amines) is 1. The Kier molecular flexibility index (Phi) is 4.50. The average Bonchev–Trinajstić information content (AvgIpc) is 2.41. The molecule has 1 amide bonds. The van der Waals surface area contributed by atoms with Crippen molar-refractivity contribution >= 4 is 5.91 Å². The Balaban J connectivity index is 2.20. The van der Waals surface area contributed by atoms with Crippen molar-refractivity contribution in [2.45, 2.75) is 24.9 Å². The number of nitrogens with two attached hydrogens (primary N) is 1. The second-order valence-electron chi connectivity index (χ2n) is 4.98. The Bertz CT molecular complexity index is 435. The highest BCUT2D eigenvalue weighted by Crippen LogP contribution is 2.24. The van der Waals surface area contributed by atoms with Crippen LogP contribution in [0.5, 0.6) is 0 Å². The summed E-state index contributed by atoms with van der Waals surface area (Å²) in [5, 5.41) is 3.23. The van der Waals surface area contributed by atoms with E-state index in [-0.39, 0.29) is 11.7 Å². The molecule has 0 spiro atoms. The smallest absolute Gasteiger partial charge is 0.239 e. The van der Waals surface area contributed by atoms with Crippen molar-refractivity contribution < 1.29 is 9.18 Å². The molecule has 104 valence electrons. The van der Waals surface area contributed by atoms with Gasteiger partial charge in [0.2, 0.25) is 5.91 Å². The zero-order chi connectivity index (χ0) is 13.8. The molecule has 1 aliphatic heterocycles. The SMILES string of the molecule is CNC1CCCN(C(C(N)=O)c2ccc(F)cc2)C1. The maximum Gasteiger partial charge on any atom is 0.239 e. The van der Waals surface area contributed by atoms with Gasteiger partial charge in [0.1, 0.15) is 11.9 Å². The third-order valence-electron chi connectivity index (χ3n) is 3.68. The van der Waals surface area contributed by atoms with E-state index in [1.54, 1.807) is 12.1 Å². The molecule has 1 aromatic carbocycles. The molecule has 2 rings (SSSR count). The van der Waals surface area contributed by atoms with Crippen molar-refractivity contribution in [1.82, 2.24) is 10.2 Å². The van der Waals surface area contributed by atoms with E-state index in [0.717, 1.165) is 31.5 Å². The molecule has 3 N–H and O–H groups in total. The molecule has 1 saturated heterocycles. The molecule has 2 unspecified atom stereocenters. The lowest BCUT2D eigenvalue weighted by Gasteiger charge is -2.37. The van der Waals surface area contributed by atoms with E-state index in [2.05, 4.69) is 10.2 Å². The van der Waals surface area contributed by atoms with Crippen LogP contribution in [0.15, 0.2) is 24.3 Å². The van der Waals surface area contributed by atoms with Crippen LogP contribution in [0, 0.1) is 5.82 Å². The molecule has 2 atom stereocenters. The van der Waals surface area contributed by atoms with E-state index in [1.807, 2.05) is 7.05 Å². The van der Waals surface area contributed by atoms with Gasteiger partial charge in [-0.25, -0.2) is 4.39 Å². The Hall–Kier alpha value is -1.46. The number of nitrogens with zero attached hydrogens (tertiary/aromatic N) is 1. The van der Waals surface area contributed by atoms with Crippen LogP contribution in [0.1, 0.15) is 24.4 Å². The standard InChI is InChI=1S/C14H20FN3O/c1-17-12-3-2-8-18(9-12)13(14(16)19)10-4-6-11(15)7-5-10/h4-7,12-13,17H,2-3,8-9H2,1H3,(H2,16,19). The topological polar surface area (TPSA) is 58.4 Å². The predicted octanol–water partition coefficient (Wildman–Crippen LogP) is 1.04. The van der Waals surface area contributed by atoms with E-state index in [9.17, 15) is 9.18 Å². The number of hydrogen-bond donors (Lipinski definition) is 2. The van der Waals surface area contributed by atoms with Gasteiger partial charge in [0.25, 0.3) is 0 Å². The molecule has 1 heterocycles. The van der Waals surface area contributed by atoms with Crippen LogP contribution >= 0.6 is 0 Å². The van der Waals surface area contributed by atoms with Gasteiger partial charge in [-0.1, -0.05) is 12.1 Å². The second kappa shape index (κ2) is 6.12. The Labute approximate surface area is 112 Å². The Morgan fingerprint density at radius 1 is 1.47 bits per heavy atom. The van der Waals surface area contributed by atoms with Gasteiger partial charge in [0, 0.05) is 12.6 Å². The highest BCUT2D eigenvalue weighted by Gasteiger charge is 2.29. The first kappa shape index (κ1) is 14.0. The van der Waals surface area contributed by atoms with Crippen LogP contribution in [-0.2, 0) is 4.79 Å². The number of rotatable bonds is 4. The molecular weight excluding hydrogens is 245 g/mol. The van der Waals surface area contributed by atoms with Gasteiger partial charge in [0.05, 0.1) is 0 Å². The van der Waals surface area contributed by atoms with Gasteiger partial charge in [-0.2, -0.15) is 0 Å². The molecule has 5 heteroatoms.